The summed E-state index contributed by atoms with van der Waals surface area (Å²) >= 11 is 0. The van der Waals surface area contributed by atoms with E-state index < -0.39 is 11.8 Å². The lowest BCUT2D eigenvalue weighted by molar-refractivity contribution is 0.0845. The molecule has 0 bridgehead atoms. The first kappa shape index (κ1) is 10.9. The average Bonchev–Trinajstić information content (AvgIpc) is 2.42. The molecule has 1 heterocycles. The van der Waals surface area contributed by atoms with Crippen LogP contribution in [0.5, 0.6) is 0 Å². The van der Waals surface area contributed by atoms with Crippen LogP contribution in [0.4, 0.5) is 0 Å². The van der Waals surface area contributed by atoms with Gasteiger partial charge >= 0.3 is 0 Å². The van der Waals surface area contributed by atoms with E-state index in [9.17, 15) is 9.59 Å². The molecule has 88 valence electrons. The minimum atomic E-state index is -0.637. The van der Waals surface area contributed by atoms with Crippen molar-refractivity contribution in [3.63, 3.8) is 0 Å². The highest BCUT2D eigenvalue weighted by Gasteiger charge is 2.29. The van der Waals surface area contributed by atoms with Crippen LogP contribution in [0.15, 0.2) is 24.3 Å². The molecule has 5 nitrogen and oxygen atoms in total. The smallest absolute Gasteiger partial charge is 0.260 e. The number of nitrogens with one attached hydrogen (secondary N) is 1. The molecule has 3 rings (SSSR count). The van der Waals surface area contributed by atoms with Crippen molar-refractivity contribution in [2.75, 3.05) is 0 Å². The predicted octanol–water partition coefficient (Wildman–Crippen LogP) is 1.47. The zero-order valence-corrected chi connectivity index (χ0v) is 9.52. The normalized spacial score (nSPS) is 12.7. The number of nitrogens with zero attached hydrogens (tertiary/aromatic N) is 2. The highest BCUT2D eigenvalue weighted by Crippen LogP contribution is 2.30. The molecular formula is C14H5N3O2. The maximum Gasteiger partial charge on any atom is 0.260 e. The highest BCUT2D eigenvalue weighted by atomic mass is 16.2. The summed E-state index contributed by atoms with van der Waals surface area (Å²) in [4.78, 5) is 23.7. The van der Waals surface area contributed by atoms with Gasteiger partial charge in [0, 0.05) is 10.9 Å². The highest BCUT2D eigenvalue weighted by molar-refractivity contribution is 6.26. The number of imide groups is 1. The Morgan fingerprint density at radius 3 is 2.53 bits per heavy atom. The van der Waals surface area contributed by atoms with E-state index in [1.54, 1.807) is 18.2 Å². The molecule has 0 aromatic heterocycles. The second kappa shape index (κ2) is 3.66. The molecule has 2 aromatic rings. The minimum Gasteiger partial charge on any atom is -0.288 e. The van der Waals surface area contributed by atoms with Gasteiger partial charge in [0.15, 0.2) is 0 Å². The fourth-order valence-corrected chi connectivity index (χ4v) is 2.31. The summed E-state index contributed by atoms with van der Waals surface area (Å²) in [7, 11) is 0. The van der Waals surface area contributed by atoms with Crippen molar-refractivity contribution in [2.24, 2.45) is 0 Å². The van der Waals surface area contributed by atoms with Crippen molar-refractivity contribution in [3.05, 3.63) is 46.5 Å². The Balaban J connectivity index is 2.63. The number of carbonyl (C=O) groups is 2. The molecule has 1 aliphatic rings. The summed E-state index contributed by atoms with van der Waals surface area (Å²) in [6.45, 7) is 0. The first-order valence-electron chi connectivity index (χ1n) is 5.43. The molecule has 1 aliphatic heterocycles. The lowest BCUT2D eigenvalue weighted by Crippen LogP contribution is -2.35. The molecule has 1 N–H and O–H groups in total. The van der Waals surface area contributed by atoms with Crippen molar-refractivity contribution in [2.45, 2.75) is 0 Å². The van der Waals surface area contributed by atoms with E-state index >= 15 is 0 Å². The second-order valence-corrected chi connectivity index (χ2v) is 4.08. The first-order valence-corrected chi connectivity index (χ1v) is 5.43. The van der Waals surface area contributed by atoms with Crippen LogP contribution < -0.4 is 5.32 Å². The van der Waals surface area contributed by atoms with E-state index in [0.29, 0.717) is 16.3 Å². The summed E-state index contributed by atoms with van der Waals surface area (Å²) in [5, 5.41) is 21.4. The molecule has 2 aromatic carbocycles. The van der Waals surface area contributed by atoms with Crippen LogP contribution in [0.2, 0.25) is 0 Å². The first-order chi connectivity index (χ1) is 9.17. The molecule has 5 heteroatoms. The van der Waals surface area contributed by atoms with Crippen molar-refractivity contribution in [3.8, 4) is 12.1 Å². The van der Waals surface area contributed by atoms with Gasteiger partial charge in [0.05, 0.1) is 16.7 Å². The molecule has 0 aliphatic carbocycles. The molecule has 19 heavy (non-hydrogen) atoms. The zero-order chi connectivity index (χ0) is 13.6. The van der Waals surface area contributed by atoms with Crippen molar-refractivity contribution in [1.29, 1.82) is 10.5 Å². The van der Waals surface area contributed by atoms with Crippen LogP contribution in [0.3, 0.4) is 0 Å². The summed E-state index contributed by atoms with van der Waals surface area (Å²) in [6, 6.07) is 10.3. The van der Waals surface area contributed by atoms with Crippen molar-refractivity contribution < 1.29 is 9.59 Å². The van der Waals surface area contributed by atoms with Crippen LogP contribution in [0.25, 0.3) is 10.8 Å². The molecule has 2 amide bonds. The van der Waals surface area contributed by atoms with E-state index in [0.717, 1.165) is 0 Å². The number of amides is 2. The van der Waals surface area contributed by atoms with E-state index in [4.69, 9.17) is 10.5 Å². The van der Waals surface area contributed by atoms with Crippen molar-refractivity contribution in [1.82, 2.24) is 5.32 Å². The van der Waals surface area contributed by atoms with Crippen LogP contribution in [-0.4, -0.2) is 11.8 Å². The van der Waals surface area contributed by atoms with Gasteiger partial charge in [-0.1, -0.05) is 12.1 Å². The van der Waals surface area contributed by atoms with Crippen LogP contribution >= 0.6 is 0 Å². The number of nitriles is 2. The third kappa shape index (κ3) is 1.33. The Hall–Kier alpha value is -3.18. The summed E-state index contributed by atoms with van der Waals surface area (Å²) in [5.41, 5.74) is 0.582. The SMILES string of the molecule is N#Cc1cc2cccc3c2c(c1C#N)C(=O)NC3=O. The fourth-order valence-electron chi connectivity index (χ4n) is 2.31. The van der Waals surface area contributed by atoms with Gasteiger partial charge in [-0.2, -0.15) is 10.5 Å². The zero-order valence-electron chi connectivity index (χ0n) is 9.52. The molecule has 0 atom stereocenters. The second-order valence-electron chi connectivity index (χ2n) is 4.08. The predicted molar refractivity (Wildman–Crippen MR) is 65.2 cm³/mol. The number of carbonyl (C=O) groups excluding carboxylic acids is 2. The summed E-state index contributed by atoms with van der Waals surface area (Å²) in [5.74, 6) is -1.13. The monoisotopic (exact) mass is 247 g/mol. The van der Waals surface area contributed by atoms with Gasteiger partial charge in [0.1, 0.15) is 12.1 Å². The maximum absolute atomic E-state index is 11.9. The quantitative estimate of drug-likeness (QED) is 0.713. The standard InChI is InChI=1S/C14H5N3O2/c15-5-8-4-7-2-1-3-9-11(7)12(10(8)6-16)14(19)17-13(9)18/h1-4H,(H,17,18,19). The molecule has 0 spiro atoms. The Morgan fingerprint density at radius 2 is 1.84 bits per heavy atom. The average molecular weight is 247 g/mol. The Labute approximate surface area is 107 Å². The third-order valence-electron chi connectivity index (χ3n) is 3.10. The van der Waals surface area contributed by atoms with Crippen molar-refractivity contribution >= 4 is 22.6 Å². The van der Waals surface area contributed by atoms with Gasteiger partial charge in [-0.3, -0.25) is 14.9 Å². The molecular weight excluding hydrogens is 242 g/mol. The molecule has 0 fully saturated rings. The van der Waals surface area contributed by atoms with Gasteiger partial charge < -0.3 is 0 Å². The summed E-state index contributed by atoms with van der Waals surface area (Å²) < 4.78 is 0. The van der Waals surface area contributed by atoms with Gasteiger partial charge in [-0.05, 0) is 17.5 Å². The minimum absolute atomic E-state index is 0.00690. The van der Waals surface area contributed by atoms with Crippen LogP contribution in [-0.2, 0) is 0 Å². The molecule has 0 radical (unpaired) electrons. The van der Waals surface area contributed by atoms with Gasteiger partial charge in [-0.25, -0.2) is 0 Å². The van der Waals surface area contributed by atoms with Gasteiger partial charge in [-0.15, -0.1) is 0 Å². The number of benzene rings is 2. The number of rotatable bonds is 0. The third-order valence-corrected chi connectivity index (χ3v) is 3.10. The van der Waals surface area contributed by atoms with Crippen LogP contribution in [0, 0.1) is 22.7 Å². The lowest BCUT2D eigenvalue weighted by atomic mass is 9.89. The molecule has 0 saturated heterocycles. The van der Waals surface area contributed by atoms with Crippen LogP contribution in [0.1, 0.15) is 31.8 Å². The topological polar surface area (TPSA) is 93.8 Å². The maximum atomic E-state index is 11.9. The lowest BCUT2D eigenvalue weighted by Gasteiger charge is -2.18. The van der Waals surface area contributed by atoms with Gasteiger partial charge in [0.2, 0.25) is 0 Å². The molecule has 0 unspecified atom stereocenters. The van der Waals surface area contributed by atoms with Gasteiger partial charge in [0.25, 0.3) is 11.8 Å². The number of hydrogen-bond acceptors (Lipinski definition) is 4. The van der Waals surface area contributed by atoms with E-state index in [1.165, 1.54) is 6.07 Å². The Kier molecular flexibility index (Phi) is 2.11. The molecule has 0 saturated carbocycles. The Morgan fingerprint density at radius 1 is 1.05 bits per heavy atom. The summed E-state index contributed by atoms with van der Waals surface area (Å²) in [6.07, 6.45) is 0. The number of hydrogen-bond donors (Lipinski definition) is 1. The largest absolute Gasteiger partial charge is 0.288 e. The van der Waals surface area contributed by atoms with E-state index in [2.05, 4.69) is 5.32 Å². The fraction of sp³-hybridized carbons (Fsp3) is 0. The van der Waals surface area contributed by atoms with E-state index in [1.807, 2.05) is 12.1 Å². The van der Waals surface area contributed by atoms with E-state index in [-0.39, 0.29) is 16.7 Å². The Bertz CT molecular complexity index is 854.